The van der Waals surface area contributed by atoms with Crippen molar-refractivity contribution in [2.24, 2.45) is 0 Å². The van der Waals surface area contributed by atoms with Crippen molar-refractivity contribution in [3.05, 3.63) is 29.6 Å². The summed E-state index contributed by atoms with van der Waals surface area (Å²) in [7, 11) is 0. The Hall–Kier alpha value is -2.30. The molecule has 0 saturated heterocycles. The number of hydrogen-bond acceptors (Lipinski definition) is 5. The smallest absolute Gasteiger partial charge is 0.195 e. The summed E-state index contributed by atoms with van der Waals surface area (Å²) in [4.78, 5) is 28.4. The van der Waals surface area contributed by atoms with Gasteiger partial charge in [-0.2, -0.15) is 0 Å². The number of rotatable bonds is 1. The highest BCUT2D eigenvalue weighted by molar-refractivity contribution is 6.35. The number of carbonyl (C=O) groups excluding carboxylic acids is 2. The molecule has 2 rings (SSSR count). The van der Waals surface area contributed by atoms with Gasteiger partial charge in [-0.05, 0) is 32.0 Å². The van der Waals surface area contributed by atoms with Crippen molar-refractivity contribution in [2.75, 3.05) is 5.73 Å². The highest BCUT2D eigenvalue weighted by Gasteiger charge is 2.00. The Morgan fingerprint density at radius 1 is 0.947 bits per heavy atom. The number of nitrogens with zero attached hydrogens (tertiary/aromatic N) is 2. The Morgan fingerprint density at radius 2 is 1.42 bits per heavy atom. The van der Waals surface area contributed by atoms with E-state index in [0.717, 1.165) is 28.1 Å². The van der Waals surface area contributed by atoms with Crippen LogP contribution in [-0.2, 0) is 9.59 Å². The molecule has 19 heavy (non-hydrogen) atoms. The topological polar surface area (TPSA) is 85.9 Å². The number of fused-ring (bicyclic) bond motifs is 1. The number of benzene rings is 1. The van der Waals surface area contributed by atoms with Gasteiger partial charge in [-0.1, -0.05) is 0 Å². The van der Waals surface area contributed by atoms with Crippen molar-refractivity contribution < 1.29 is 9.59 Å². The molecule has 100 valence electrons. The number of nitrogens with two attached hydrogens (primary N) is 1. The molecule has 1 heterocycles. The summed E-state index contributed by atoms with van der Waals surface area (Å²) in [6.07, 6.45) is 0. The minimum Gasteiger partial charge on any atom is -0.399 e. The van der Waals surface area contributed by atoms with E-state index in [1.165, 1.54) is 13.8 Å². The molecule has 0 fully saturated rings. The third kappa shape index (κ3) is 4.13. The normalized spacial score (nSPS) is 9.68. The predicted octanol–water partition coefficient (Wildman–Crippen LogP) is 1.99. The van der Waals surface area contributed by atoms with Crippen molar-refractivity contribution >= 4 is 28.3 Å². The van der Waals surface area contributed by atoms with Crippen LogP contribution in [0.15, 0.2) is 18.2 Å². The molecule has 0 spiro atoms. The monoisotopic (exact) mass is 259 g/mol. The lowest BCUT2D eigenvalue weighted by Gasteiger charge is -2.02. The average Bonchev–Trinajstić information content (AvgIpc) is 2.32. The molecule has 0 aliphatic carbocycles. The lowest BCUT2D eigenvalue weighted by Crippen LogP contribution is -2.01. The zero-order valence-electron chi connectivity index (χ0n) is 11.5. The first-order valence-corrected chi connectivity index (χ1v) is 5.83. The van der Waals surface area contributed by atoms with Gasteiger partial charge in [0.05, 0.1) is 22.4 Å². The summed E-state index contributed by atoms with van der Waals surface area (Å²) < 4.78 is 0. The first kappa shape index (κ1) is 14.8. The predicted molar refractivity (Wildman–Crippen MR) is 74.8 cm³/mol. The molecular formula is C14H17N3O2. The van der Waals surface area contributed by atoms with Crippen LogP contribution in [-0.4, -0.2) is 21.5 Å². The summed E-state index contributed by atoms with van der Waals surface area (Å²) in [5, 5.41) is 0. The molecule has 5 heteroatoms. The molecular weight excluding hydrogens is 242 g/mol. The third-order valence-electron chi connectivity index (χ3n) is 2.60. The highest BCUT2D eigenvalue weighted by atomic mass is 16.2. The van der Waals surface area contributed by atoms with Crippen molar-refractivity contribution in [2.45, 2.75) is 27.7 Å². The Bertz CT molecular complexity index is 624. The maximum atomic E-state index is 9.79. The van der Waals surface area contributed by atoms with Crippen LogP contribution >= 0.6 is 0 Å². The van der Waals surface area contributed by atoms with Crippen molar-refractivity contribution in [1.29, 1.82) is 0 Å². The largest absolute Gasteiger partial charge is 0.399 e. The van der Waals surface area contributed by atoms with Crippen molar-refractivity contribution in [1.82, 2.24) is 9.97 Å². The quantitative estimate of drug-likeness (QED) is 0.625. The van der Waals surface area contributed by atoms with E-state index >= 15 is 0 Å². The van der Waals surface area contributed by atoms with Gasteiger partial charge < -0.3 is 5.73 Å². The first-order chi connectivity index (χ1) is 8.81. The zero-order valence-corrected chi connectivity index (χ0v) is 11.5. The number of hydrogen-bond donors (Lipinski definition) is 1. The van der Waals surface area contributed by atoms with Crippen LogP contribution in [0.5, 0.6) is 0 Å². The fourth-order valence-electron chi connectivity index (χ4n) is 1.25. The minimum atomic E-state index is -0.380. The van der Waals surface area contributed by atoms with Gasteiger partial charge >= 0.3 is 0 Å². The van der Waals surface area contributed by atoms with Gasteiger partial charge in [0.1, 0.15) is 0 Å². The number of aryl methyl sites for hydroxylation is 2. The Morgan fingerprint density at radius 3 is 1.89 bits per heavy atom. The van der Waals surface area contributed by atoms with Gasteiger partial charge in [0.2, 0.25) is 0 Å². The van der Waals surface area contributed by atoms with E-state index in [4.69, 9.17) is 5.73 Å². The third-order valence-corrected chi connectivity index (χ3v) is 2.60. The van der Waals surface area contributed by atoms with Gasteiger partial charge in [0, 0.05) is 19.5 Å². The van der Waals surface area contributed by atoms with E-state index in [1.807, 2.05) is 32.0 Å². The van der Waals surface area contributed by atoms with E-state index in [9.17, 15) is 9.59 Å². The van der Waals surface area contributed by atoms with Crippen LogP contribution in [0.4, 0.5) is 5.69 Å². The second-order valence-electron chi connectivity index (χ2n) is 4.25. The maximum absolute atomic E-state index is 9.79. The van der Waals surface area contributed by atoms with E-state index in [2.05, 4.69) is 9.97 Å². The van der Waals surface area contributed by atoms with E-state index in [0.29, 0.717) is 0 Å². The summed E-state index contributed by atoms with van der Waals surface area (Å²) in [5.74, 6) is -0.759. The lowest BCUT2D eigenvalue weighted by molar-refractivity contribution is -0.134. The number of carbonyl (C=O) groups is 2. The Kier molecular flexibility index (Phi) is 4.69. The van der Waals surface area contributed by atoms with Crippen LogP contribution in [0.1, 0.15) is 25.2 Å². The second-order valence-corrected chi connectivity index (χ2v) is 4.25. The summed E-state index contributed by atoms with van der Waals surface area (Å²) in [5.41, 5.74) is 10.1. The SMILES string of the molecule is CC(=O)C(C)=O.Cc1nc2ccc(N)cc2nc1C. The average molecular weight is 259 g/mol. The standard InChI is InChI=1S/C10H11N3.C4H6O2/c1-6-7(2)13-10-5-8(11)3-4-9(10)12-6;1-3(5)4(2)6/h3-5H,11H2,1-2H3;1-2H3. The van der Waals surface area contributed by atoms with Crippen molar-refractivity contribution in [3.8, 4) is 0 Å². The molecule has 5 nitrogen and oxygen atoms in total. The molecule has 0 aliphatic rings. The van der Waals surface area contributed by atoms with Gasteiger partial charge in [0.25, 0.3) is 0 Å². The van der Waals surface area contributed by atoms with Gasteiger partial charge in [-0.25, -0.2) is 9.97 Å². The van der Waals surface area contributed by atoms with E-state index in [-0.39, 0.29) is 11.6 Å². The molecule has 0 unspecified atom stereocenters. The van der Waals surface area contributed by atoms with Crippen LogP contribution < -0.4 is 5.73 Å². The molecule has 0 atom stereocenters. The molecule has 2 N–H and O–H groups in total. The molecule has 1 aromatic heterocycles. The number of Topliss-reactive ketones (excluding diaryl/α,β-unsaturated/α-hetero) is 2. The zero-order chi connectivity index (χ0) is 14.6. The molecule has 0 bridgehead atoms. The van der Waals surface area contributed by atoms with Gasteiger partial charge in [-0.3, -0.25) is 9.59 Å². The van der Waals surface area contributed by atoms with Crippen LogP contribution in [0.3, 0.4) is 0 Å². The molecule has 0 radical (unpaired) electrons. The maximum Gasteiger partial charge on any atom is 0.195 e. The number of aromatic nitrogens is 2. The number of nitrogen functional groups attached to an aromatic ring is 1. The van der Waals surface area contributed by atoms with Gasteiger partial charge in [-0.15, -0.1) is 0 Å². The summed E-state index contributed by atoms with van der Waals surface area (Å²) >= 11 is 0. The number of anilines is 1. The molecule has 0 saturated carbocycles. The first-order valence-electron chi connectivity index (χ1n) is 5.83. The fourth-order valence-corrected chi connectivity index (χ4v) is 1.25. The van der Waals surface area contributed by atoms with E-state index < -0.39 is 0 Å². The minimum absolute atomic E-state index is 0.380. The van der Waals surface area contributed by atoms with Crippen LogP contribution in [0, 0.1) is 13.8 Å². The fraction of sp³-hybridized carbons (Fsp3) is 0.286. The molecule has 1 aromatic carbocycles. The van der Waals surface area contributed by atoms with Crippen molar-refractivity contribution in [3.63, 3.8) is 0 Å². The molecule has 0 amide bonds. The summed E-state index contributed by atoms with van der Waals surface area (Å²) in [6.45, 7) is 6.41. The van der Waals surface area contributed by atoms with Crippen LogP contribution in [0.25, 0.3) is 11.0 Å². The second kappa shape index (κ2) is 6.04. The Balaban J connectivity index is 0.000000258. The lowest BCUT2D eigenvalue weighted by atomic mass is 10.2. The highest BCUT2D eigenvalue weighted by Crippen LogP contribution is 2.14. The Labute approximate surface area is 111 Å². The molecule has 2 aromatic rings. The molecule has 0 aliphatic heterocycles. The van der Waals surface area contributed by atoms with Crippen LogP contribution in [0.2, 0.25) is 0 Å². The summed E-state index contributed by atoms with van der Waals surface area (Å²) in [6, 6.07) is 5.57. The van der Waals surface area contributed by atoms with Gasteiger partial charge in [0.15, 0.2) is 11.6 Å². The number of ketones is 2. The van der Waals surface area contributed by atoms with E-state index in [1.54, 1.807) is 0 Å².